The van der Waals surface area contributed by atoms with Crippen LogP contribution in [0.3, 0.4) is 0 Å². The smallest absolute Gasteiger partial charge is 0.318 e. The molecule has 0 unspecified atom stereocenters. The number of rotatable bonds is 10. The fraction of sp³-hybridized carbons (Fsp3) is 0.528. The van der Waals surface area contributed by atoms with Crippen LogP contribution in [-0.4, -0.2) is 101 Å². The van der Waals surface area contributed by atoms with Gasteiger partial charge in [-0.3, -0.25) is 14.7 Å². The number of hydrogen-bond donors (Lipinski definition) is 0. The molecule has 10 nitrogen and oxygen atoms in total. The third-order valence-corrected chi connectivity index (χ3v) is 10.5. The van der Waals surface area contributed by atoms with Crippen LogP contribution in [0.15, 0.2) is 43.2 Å². The van der Waals surface area contributed by atoms with E-state index >= 15 is 0 Å². The van der Waals surface area contributed by atoms with Gasteiger partial charge in [-0.2, -0.15) is 9.97 Å². The number of anilines is 2. The number of amides is 1. The summed E-state index contributed by atoms with van der Waals surface area (Å²) in [4.78, 5) is 39.0. The number of aromatic nitrogens is 3. The summed E-state index contributed by atoms with van der Waals surface area (Å²) in [6.07, 6.45) is 5.66. The van der Waals surface area contributed by atoms with Crippen LogP contribution in [0.5, 0.6) is 6.01 Å². The van der Waals surface area contributed by atoms with Crippen molar-refractivity contribution >= 4 is 28.2 Å². The number of benzene rings is 1. The van der Waals surface area contributed by atoms with Gasteiger partial charge in [-0.25, -0.2) is 15.4 Å². The minimum absolute atomic E-state index is 0.0106. The van der Waals surface area contributed by atoms with Gasteiger partial charge >= 0.3 is 6.01 Å². The molecule has 1 aliphatic carbocycles. The summed E-state index contributed by atoms with van der Waals surface area (Å²) < 4.78 is 33.5. The average Bonchev–Trinajstić information content (AvgIpc) is 3.07. The van der Waals surface area contributed by atoms with Crippen molar-refractivity contribution < 1.29 is 18.3 Å². The van der Waals surface area contributed by atoms with Crippen molar-refractivity contribution in [1.82, 2.24) is 24.8 Å². The van der Waals surface area contributed by atoms with E-state index in [4.69, 9.17) is 21.3 Å². The molecule has 1 saturated carbocycles. The predicted octanol–water partition coefficient (Wildman–Crippen LogP) is 5.15. The highest BCUT2D eigenvalue weighted by Crippen LogP contribution is 2.45. The van der Waals surface area contributed by atoms with Gasteiger partial charge in [-0.1, -0.05) is 24.8 Å². The zero-order valence-corrected chi connectivity index (χ0v) is 28.2. The summed E-state index contributed by atoms with van der Waals surface area (Å²) in [7, 11) is 1.95. The van der Waals surface area contributed by atoms with E-state index < -0.39 is 5.92 Å². The maximum Gasteiger partial charge on any atom is 0.318 e. The lowest BCUT2D eigenvalue weighted by atomic mass is 9.76. The third kappa shape index (κ3) is 6.65. The molecule has 2 aliphatic heterocycles. The number of carbonyl (C=O) groups excluding carboxylic acids is 1. The van der Waals surface area contributed by atoms with Gasteiger partial charge < -0.3 is 24.3 Å². The van der Waals surface area contributed by atoms with Gasteiger partial charge in [0.1, 0.15) is 18.5 Å². The van der Waals surface area contributed by atoms with E-state index in [-0.39, 0.29) is 55.3 Å². The lowest BCUT2D eigenvalue weighted by Crippen LogP contribution is -2.56. The van der Waals surface area contributed by atoms with Crippen LogP contribution in [0.4, 0.5) is 20.3 Å². The quantitative estimate of drug-likeness (QED) is 0.219. The molecule has 0 radical (unpaired) electrons. The molecule has 2 aromatic heterocycles. The minimum Gasteiger partial charge on any atom is -0.462 e. The molecule has 48 heavy (non-hydrogen) atoms. The fourth-order valence-electron chi connectivity index (χ4n) is 7.37. The molecule has 12 heteroatoms. The molecule has 3 aromatic rings. The first-order valence-electron chi connectivity index (χ1n) is 16.7. The first kappa shape index (κ1) is 33.5. The SMILES string of the molecule is [C-]#[N+]C[C@H]1CN(c2nc(OC[C@H](C)N(C)[C@H](C)C3CC(F)(F)C3)nc3c2CCN(c2cncc4cccc(C)c24)C3)CCN1C(=O)C=C. The monoisotopic (exact) mass is 658 g/mol. The van der Waals surface area contributed by atoms with E-state index in [1.165, 1.54) is 17.0 Å². The summed E-state index contributed by atoms with van der Waals surface area (Å²) in [6, 6.07) is 6.12. The number of likely N-dealkylation sites (N-methyl/N-ethyl adjacent to an activating group) is 1. The molecule has 0 spiro atoms. The topological polar surface area (TPSA) is 82.3 Å². The molecule has 2 fully saturated rings. The van der Waals surface area contributed by atoms with Crippen molar-refractivity contribution in [3.05, 3.63) is 71.5 Å². The molecule has 3 atom stereocenters. The van der Waals surface area contributed by atoms with Crippen LogP contribution in [-0.2, 0) is 17.8 Å². The molecule has 254 valence electrons. The van der Waals surface area contributed by atoms with Crippen molar-refractivity contribution in [2.45, 2.75) is 70.6 Å². The zero-order valence-electron chi connectivity index (χ0n) is 28.2. The Morgan fingerprint density at radius 2 is 2.00 bits per heavy atom. The Hall–Kier alpha value is -4.37. The fourth-order valence-corrected chi connectivity index (χ4v) is 7.37. The summed E-state index contributed by atoms with van der Waals surface area (Å²) in [5, 5.41) is 2.25. The van der Waals surface area contributed by atoms with Gasteiger partial charge in [0.15, 0.2) is 0 Å². The number of nitrogens with zero attached hydrogens (tertiary/aromatic N) is 8. The van der Waals surface area contributed by atoms with Crippen LogP contribution in [0.25, 0.3) is 15.6 Å². The zero-order chi connectivity index (χ0) is 34.2. The Morgan fingerprint density at radius 3 is 2.73 bits per heavy atom. The van der Waals surface area contributed by atoms with Crippen LogP contribution in [0.1, 0.15) is 43.5 Å². The number of alkyl halides is 2. The molecule has 0 N–H and O–H groups in total. The number of hydrogen-bond acceptors (Lipinski definition) is 8. The Balaban J connectivity index is 1.29. The van der Waals surface area contributed by atoms with Gasteiger partial charge in [-0.05, 0) is 51.8 Å². The van der Waals surface area contributed by atoms with Gasteiger partial charge in [0.05, 0.1) is 24.1 Å². The Morgan fingerprint density at radius 1 is 1.21 bits per heavy atom. The number of halogens is 2. The van der Waals surface area contributed by atoms with Crippen LogP contribution in [0.2, 0.25) is 0 Å². The van der Waals surface area contributed by atoms with Crippen molar-refractivity contribution in [2.75, 3.05) is 56.2 Å². The van der Waals surface area contributed by atoms with Crippen LogP contribution < -0.4 is 14.5 Å². The summed E-state index contributed by atoms with van der Waals surface area (Å²) >= 11 is 0. The number of fused-ring (bicyclic) bond motifs is 2. The van der Waals surface area contributed by atoms with Gasteiger partial charge in [0.25, 0.3) is 0 Å². The van der Waals surface area contributed by atoms with E-state index in [2.05, 4.69) is 50.2 Å². The molecule has 1 amide bonds. The number of pyridine rings is 1. The average molecular weight is 659 g/mol. The Kier molecular flexibility index (Phi) is 9.52. The summed E-state index contributed by atoms with van der Waals surface area (Å²) in [5.74, 6) is -2.01. The largest absolute Gasteiger partial charge is 0.462 e. The molecule has 3 aliphatic rings. The van der Waals surface area contributed by atoms with Crippen molar-refractivity contribution in [2.24, 2.45) is 5.92 Å². The lowest BCUT2D eigenvalue weighted by Gasteiger charge is -2.43. The highest BCUT2D eigenvalue weighted by Gasteiger charge is 2.48. The third-order valence-electron chi connectivity index (χ3n) is 10.5. The molecule has 0 bridgehead atoms. The van der Waals surface area contributed by atoms with Crippen molar-refractivity contribution in [3.63, 3.8) is 0 Å². The molecular weight excluding hydrogens is 614 g/mol. The first-order valence-corrected chi connectivity index (χ1v) is 16.7. The predicted molar refractivity (Wildman–Crippen MR) is 182 cm³/mol. The van der Waals surface area contributed by atoms with Gasteiger partial charge in [0, 0.05) is 73.6 Å². The number of ether oxygens (including phenoxy) is 1. The highest BCUT2D eigenvalue weighted by atomic mass is 19.3. The normalized spacial score (nSPS) is 20.5. The molecular formula is C36H44F2N8O2. The van der Waals surface area contributed by atoms with Crippen LogP contribution >= 0.6 is 0 Å². The number of piperazine rings is 1. The minimum atomic E-state index is -2.56. The highest BCUT2D eigenvalue weighted by molar-refractivity contribution is 5.96. The molecule has 6 rings (SSSR count). The van der Waals surface area contributed by atoms with Crippen LogP contribution in [0, 0.1) is 19.4 Å². The van der Waals surface area contributed by atoms with E-state index in [1.807, 2.05) is 39.4 Å². The van der Waals surface area contributed by atoms with Gasteiger partial charge in [0.2, 0.25) is 18.4 Å². The second-order valence-corrected chi connectivity index (χ2v) is 13.5. The Labute approximate surface area is 281 Å². The van der Waals surface area contributed by atoms with E-state index in [1.54, 1.807) is 4.90 Å². The number of aryl methyl sites for hydroxylation is 1. The van der Waals surface area contributed by atoms with Gasteiger partial charge in [-0.15, -0.1) is 0 Å². The summed E-state index contributed by atoms with van der Waals surface area (Å²) in [6.45, 7) is 20.5. The summed E-state index contributed by atoms with van der Waals surface area (Å²) in [5.41, 5.74) is 4.14. The molecule has 1 aromatic carbocycles. The number of carbonyl (C=O) groups is 1. The first-order chi connectivity index (χ1) is 23.0. The molecule has 1 saturated heterocycles. The maximum atomic E-state index is 13.6. The van der Waals surface area contributed by atoms with E-state index in [0.717, 1.165) is 34.7 Å². The second-order valence-electron chi connectivity index (χ2n) is 13.5. The maximum absolute atomic E-state index is 13.6. The van der Waals surface area contributed by atoms with E-state index in [9.17, 15) is 13.6 Å². The Bertz CT molecular complexity index is 1710. The van der Waals surface area contributed by atoms with Crippen molar-refractivity contribution in [3.8, 4) is 6.01 Å². The second kappa shape index (κ2) is 13.6. The molecule has 4 heterocycles. The lowest BCUT2D eigenvalue weighted by molar-refractivity contribution is -0.130. The van der Waals surface area contributed by atoms with E-state index in [0.29, 0.717) is 39.2 Å². The standard InChI is InChI=1S/C36H44F2N8O2/c1-7-32(47)46-14-13-45(20-28(46)18-39-5)34-29-11-12-44(31-19-40-17-26-10-8-9-23(2)33(26)31)21-30(29)41-35(42-34)48-22-24(3)43(6)25(4)27-15-36(37,38)16-27/h7-10,17,19,24-25,27-28H,1,11-16,18,20-22H2,2-4,6H3/t24-,25+,28-/m0/s1. The van der Waals surface area contributed by atoms with Crippen molar-refractivity contribution in [1.29, 1.82) is 0 Å².